The zero-order valence-electron chi connectivity index (χ0n) is 11.2. The molecule has 0 spiro atoms. The van der Waals surface area contributed by atoms with Crippen LogP contribution in [0.4, 0.5) is 0 Å². The van der Waals surface area contributed by atoms with Crippen molar-refractivity contribution in [2.24, 2.45) is 5.92 Å². The third-order valence-electron chi connectivity index (χ3n) is 3.77. The summed E-state index contributed by atoms with van der Waals surface area (Å²) in [6.07, 6.45) is 3.16. The molecular weight excluding hydrogens is 344 g/mol. The van der Waals surface area contributed by atoms with Crippen molar-refractivity contribution >= 4 is 27.5 Å². The molecule has 1 fully saturated rings. The van der Waals surface area contributed by atoms with Crippen LogP contribution in [0.15, 0.2) is 12.1 Å². The Kier molecular flexibility index (Phi) is 4.74. The van der Waals surface area contributed by atoms with Crippen molar-refractivity contribution in [3.8, 4) is 11.5 Å². The smallest absolute Gasteiger partial charge is 0.162 e. The van der Waals surface area contributed by atoms with Crippen molar-refractivity contribution in [2.45, 2.75) is 24.1 Å². The van der Waals surface area contributed by atoms with Gasteiger partial charge in [0.15, 0.2) is 11.5 Å². The molecule has 0 aromatic heterocycles. The lowest BCUT2D eigenvalue weighted by Gasteiger charge is -2.27. The fourth-order valence-electron chi connectivity index (χ4n) is 2.66. The molecule has 2 atom stereocenters. The lowest BCUT2D eigenvalue weighted by atomic mass is 9.94. The molecule has 3 rings (SSSR count). The second-order valence-electron chi connectivity index (χ2n) is 5.25. The van der Waals surface area contributed by atoms with Gasteiger partial charge in [0, 0.05) is 28.9 Å². The largest absolute Gasteiger partial charge is 0.490 e. The van der Waals surface area contributed by atoms with E-state index in [0.717, 1.165) is 54.6 Å². The Balaban J connectivity index is 1.86. The molecular formula is C15H18BrClO3. The summed E-state index contributed by atoms with van der Waals surface area (Å²) in [5, 5.41) is 0.724. The fraction of sp³-hybridized carbons (Fsp3) is 0.600. The molecule has 2 unspecified atom stereocenters. The number of alkyl halides is 1. The molecule has 0 aliphatic carbocycles. The van der Waals surface area contributed by atoms with Crippen LogP contribution in [0.2, 0.25) is 5.02 Å². The third-order valence-corrected chi connectivity index (χ3v) is 5.34. The van der Waals surface area contributed by atoms with Crippen LogP contribution < -0.4 is 9.47 Å². The van der Waals surface area contributed by atoms with E-state index >= 15 is 0 Å². The molecule has 110 valence electrons. The number of halogens is 2. The number of hydrogen-bond acceptors (Lipinski definition) is 3. The maximum absolute atomic E-state index is 6.42. The molecule has 2 aliphatic heterocycles. The minimum absolute atomic E-state index is 0.187. The third kappa shape index (κ3) is 3.07. The van der Waals surface area contributed by atoms with Gasteiger partial charge < -0.3 is 14.2 Å². The maximum atomic E-state index is 6.42. The van der Waals surface area contributed by atoms with E-state index in [1.807, 2.05) is 12.1 Å². The highest BCUT2D eigenvalue weighted by Gasteiger charge is 2.26. The van der Waals surface area contributed by atoms with E-state index in [1.54, 1.807) is 0 Å². The number of ether oxygens (including phenoxy) is 3. The Morgan fingerprint density at radius 1 is 1.10 bits per heavy atom. The van der Waals surface area contributed by atoms with Gasteiger partial charge in [-0.15, -0.1) is 0 Å². The highest BCUT2D eigenvalue weighted by molar-refractivity contribution is 9.09. The summed E-state index contributed by atoms with van der Waals surface area (Å²) in [5.41, 5.74) is 1.06. The van der Waals surface area contributed by atoms with Gasteiger partial charge >= 0.3 is 0 Å². The quantitative estimate of drug-likeness (QED) is 0.732. The van der Waals surface area contributed by atoms with Crippen molar-refractivity contribution in [1.29, 1.82) is 0 Å². The zero-order valence-corrected chi connectivity index (χ0v) is 13.6. The maximum Gasteiger partial charge on any atom is 0.162 e. The SMILES string of the molecule is Clc1cc2c(cc1C(Br)C1CCCOC1)OCCCO2. The summed E-state index contributed by atoms with van der Waals surface area (Å²) in [6, 6.07) is 3.88. The number of rotatable bonds is 2. The van der Waals surface area contributed by atoms with Gasteiger partial charge in [0.05, 0.1) is 19.8 Å². The summed E-state index contributed by atoms with van der Waals surface area (Å²) < 4.78 is 17.0. The average Bonchev–Trinajstić information content (AvgIpc) is 2.71. The lowest BCUT2D eigenvalue weighted by Crippen LogP contribution is -2.21. The summed E-state index contributed by atoms with van der Waals surface area (Å²) in [5.74, 6) is 1.99. The van der Waals surface area contributed by atoms with Crippen LogP contribution in [0.25, 0.3) is 0 Å². The molecule has 0 bridgehead atoms. The molecule has 1 aromatic carbocycles. The minimum atomic E-state index is 0.187. The van der Waals surface area contributed by atoms with Crippen LogP contribution in [0.5, 0.6) is 11.5 Å². The van der Waals surface area contributed by atoms with Gasteiger partial charge in [-0.3, -0.25) is 0 Å². The summed E-state index contributed by atoms with van der Waals surface area (Å²) >= 11 is 10.2. The van der Waals surface area contributed by atoms with Crippen molar-refractivity contribution in [2.75, 3.05) is 26.4 Å². The number of benzene rings is 1. The van der Waals surface area contributed by atoms with E-state index in [-0.39, 0.29) is 4.83 Å². The van der Waals surface area contributed by atoms with Crippen LogP contribution >= 0.6 is 27.5 Å². The Hall–Kier alpha value is -0.450. The predicted octanol–water partition coefficient (Wildman–Crippen LogP) is 4.36. The molecule has 0 amide bonds. The van der Waals surface area contributed by atoms with E-state index in [2.05, 4.69) is 15.9 Å². The van der Waals surface area contributed by atoms with Gasteiger partial charge in [-0.2, -0.15) is 0 Å². The van der Waals surface area contributed by atoms with Crippen LogP contribution in [0, 0.1) is 5.92 Å². The highest BCUT2D eigenvalue weighted by Crippen LogP contribution is 2.44. The second-order valence-corrected chi connectivity index (χ2v) is 6.64. The van der Waals surface area contributed by atoms with E-state index in [0.29, 0.717) is 19.1 Å². The lowest BCUT2D eigenvalue weighted by molar-refractivity contribution is 0.0546. The molecule has 1 aromatic rings. The Bertz CT molecular complexity index is 474. The van der Waals surface area contributed by atoms with Crippen LogP contribution in [0.1, 0.15) is 29.7 Å². The number of fused-ring (bicyclic) bond motifs is 1. The van der Waals surface area contributed by atoms with Gasteiger partial charge in [0.25, 0.3) is 0 Å². The van der Waals surface area contributed by atoms with E-state index < -0.39 is 0 Å². The monoisotopic (exact) mass is 360 g/mol. The molecule has 5 heteroatoms. The standard InChI is InChI=1S/C15H18BrClO3/c16-15(10-3-1-4-18-9-10)11-7-13-14(8-12(11)17)20-6-2-5-19-13/h7-8,10,15H,1-6,9H2. The molecule has 3 nitrogen and oxygen atoms in total. The van der Waals surface area contributed by atoms with Crippen LogP contribution in [0.3, 0.4) is 0 Å². The average molecular weight is 362 g/mol. The first-order valence-electron chi connectivity index (χ1n) is 7.06. The normalized spacial score (nSPS) is 24.0. The molecule has 1 saturated heterocycles. The molecule has 0 radical (unpaired) electrons. The summed E-state index contributed by atoms with van der Waals surface area (Å²) in [4.78, 5) is 0.187. The first-order valence-corrected chi connectivity index (χ1v) is 8.36. The van der Waals surface area contributed by atoms with Crippen molar-refractivity contribution in [3.63, 3.8) is 0 Å². The van der Waals surface area contributed by atoms with E-state index in [1.165, 1.54) is 0 Å². The number of hydrogen-bond donors (Lipinski definition) is 0. The highest BCUT2D eigenvalue weighted by atomic mass is 79.9. The molecule has 2 heterocycles. The zero-order chi connectivity index (χ0) is 13.9. The Morgan fingerprint density at radius 3 is 2.55 bits per heavy atom. The molecule has 0 N–H and O–H groups in total. The van der Waals surface area contributed by atoms with Crippen molar-refractivity contribution in [1.82, 2.24) is 0 Å². The van der Waals surface area contributed by atoms with Crippen molar-refractivity contribution in [3.05, 3.63) is 22.7 Å². The fourth-order valence-corrected chi connectivity index (χ4v) is 3.86. The van der Waals surface area contributed by atoms with Gasteiger partial charge in [-0.25, -0.2) is 0 Å². The minimum Gasteiger partial charge on any atom is -0.490 e. The molecule has 20 heavy (non-hydrogen) atoms. The molecule has 2 aliphatic rings. The Labute approximate surface area is 132 Å². The second kappa shape index (κ2) is 6.54. The summed E-state index contributed by atoms with van der Waals surface area (Å²) in [6.45, 7) is 3.01. The van der Waals surface area contributed by atoms with Crippen molar-refractivity contribution < 1.29 is 14.2 Å². The van der Waals surface area contributed by atoms with Crippen LogP contribution in [-0.2, 0) is 4.74 Å². The van der Waals surface area contributed by atoms with Gasteiger partial charge in [-0.1, -0.05) is 27.5 Å². The van der Waals surface area contributed by atoms with Gasteiger partial charge in [-0.05, 0) is 30.4 Å². The first kappa shape index (κ1) is 14.5. The first-order chi connectivity index (χ1) is 9.75. The van der Waals surface area contributed by atoms with E-state index in [9.17, 15) is 0 Å². The predicted molar refractivity (Wildman–Crippen MR) is 82.3 cm³/mol. The van der Waals surface area contributed by atoms with Gasteiger partial charge in [0.2, 0.25) is 0 Å². The van der Waals surface area contributed by atoms with Crippen LogP contribution in [-0.4, -0.2) is 26.4 Å². The van der Waals surface area contributed by atoms with E-state index in [4.69, 9.17) is 25.8 Å². The summed E-state index contributed by atoms with van der Waals surface area (Å²) in [7, 11) is 0. The molecule has 0 saturated carbocycles. The topological polar surface area (TPSA) is 27.7 Å². The Morgan fingerprint density at radius 2 is 1.85 bits per heavy atom. The van der Waals surface area contributed by atoms with Gasteiger partial charge in [0.1, 0.15) is 0 Å².